The molecule has 2 aromatic heterocycles. The third kappa shape index (κ3) is 2.38. The van der Waals surface area contributed by atoms with Gasteiger partial charge in [-0.3, -0.25) is 0 Å². The quantitative estimate of drug-likeness (QED) is 0.353. The Kier molecular flexibility index (Phi) is 3.40. The van der Waals surface area contributed by atoms with Crippen LogP contribution < -0.4 is 16.0 Å². The predicted molar refractivity (Wildman–Crippen MR) is 98.4 cm³/mol. The maximum Gasteiger partial charge on any atom is 0.344 e. The van der Waals surface area contributed by atoms with Crippen molar-refractivity contribution in [2.75, 3.05) is 0 Å². The van der Waals surface area contributed by atoms with Crippen molar-refractivity contribution in [3.63, 3.8) is 0 Å². The minimum atomic E-state index is -1.67. The second-order valence-electron chi connectivity index (χ2n) is 6.63. The Balaban J connectivity index is 1.82. The summed E-state index contributed by atoms with van der Waals surface area (Å²) >= 11 is 0. The Morgan fingerprint density at radius 1 is 0.759 bits per heavy atom. The molecule has 146 valence electrons. The third-order valence-corrected chi connectivity index (χ3v) is 4.92. The monoisotopic (exact) mass is 396 g/mol. The number of aliphatic hydroxyl groups excluding tert-OH is 1. The summed E-state index contributed by atoms with van der Waals surface area (Å²) in [6, 6.07) is 7.78. The first-order chi connectivity index (χ1) is 13.8. The number of phenols is 2. The molecule has 0 saturated carbocycles. The van der Waals surface area contributed by atoms with E-state index in [0.29, 0.717) is 5.39 Å². The molecule has 1 aliphatic rings. The van der Waals surface area contributed by atoms with Gasteiger partial charge in [-0.2, -0.15) is 0 Å². The molecule has 0 saturated heterocycles. The second kappa shape index (κ2) is 5.76. The van der Waals surface area contributed by atoms with Crippen LogP contribution in [-0.2, 0) is 0 Å². The highest BCUT2D eigenvalue weighted by atomic mass is 16.6. The Morgan fingerprint density at radius 2 is 1.31 bits per heavy atom. The molecular weight excluding hydrogens is 384 g/mol. The molecule has 0 amide bonds. The van der Waals surface area contributed by atoms with Gasteiger partial charge in [-0.1, -0.05) is 0 Å². The van der Waals surface area contributed by atoms with E-state index in [4.69, 9.17) is 13.6 Å². The van der Waals surface area contributed by atoms with Crippen LogP contribution in [0.4, 0.5) is 0 Å². The van der Waals surface area contributed by atoms with E-state index in [1.165, 1.54) is 30.3 Å². The topological polar surface area (TPSA) is 151 Å². The summed E-state index contributed by atoms with van der Waals surface area (Å²) in [6.07, 6.45) is -1.67. The molecular formula is C20H12O9. The lowest BCUT2D eigenvalue weighted by Gasteiger charge is -2.14. The number of hydrogen-bond acceptors (Lipinski definition) is 9. The molecule has 2 aromatic carbocycles. The third-order valence-electron chi connectivity index (χ3n) is 4.92. The van der Waals surface area contributed by atoms with Crippen molar-refractivity contribution in [3.8, 4) is 23.0 Å². The van der Waals surface area contributed by atoms with Crippen LogP contribution in [0.25, 0.3) is 21.9 Å². The van der Waals surface area contributed by atoms with E-state index in [0.717, 1.165) is 6.07 Å². The zero-order valence-electron chi connectivity index (χ0n) is 14.4. The highest BCUT2D eigenvalue weighted by Crippen LogP contribution is 2.46. The molecule has 0 bridgehead atoms. The molecule has 29 heavy (non-hydrogen) atoms. The van der Waals surface area contributed by atoms with Crippen LogP contribution in [0.2, 0.25) is 0 Å². The van der Waals surface area contributed by atoms with Gasteiger partial charge in [0.25, 0.3) is 0 Å². The standard InChI is InChI=1S/C20H12O9/c21-7-1-3-9-11(5-7)27-19(25)14(16(9)23)13-15-17(29-18(13)24)10-4-2-8(22)6-12(10)28-20(15)26/h1-6,13,18,21-24H. The first-order valence-electron chi connectivity index (χ1n) is 8.48. The molecule has 0 spiro atoms. The van der Waals surface area contributed by atoms with Crippen LogP contribution >= 0.6 is 0 Å². The lowest BCUT2D eigenvalue weighted by molar-refractivity contribution is -0.00987. The average Bonchev–Trinajstić information content (AvgIpc) is 2.99. The predicted octanol–water partition coefficient (Wildman–Crippen LogP) is 1.86. The molecule has 2 atom stereocenters. The van der Waals surface area contributed by atoms with E-state index < -0.39 is 29.2 Å². The van der Waals surface area contributed by atoms with Crippen LogP contribution in [0.1, 0.15) is 17.0 Å². The summed E-state index contributed by atoms with van der Waals surface area (Å²) in [6.45, 7) is 0. The number of benzene rings is 2. The van der Waals surface area contributed by atoms with E-state index in [1.807, 2.05) is 0 Å². The highest BCUT2D eigenvalue weighted by molar-refractivity contribution is 5.88. The summed E-state index contributed by atoms with van der Waals surface area (Å²) in [7, 11) is 0. The smallest absolute Gasteiger partial charge is 0.344 e. The maximum absolute atomic E-state index is 12.6. The zero-order chi connectivity index (χ0) is 20.4. The van der Waals surface area contributed by atoms with Crippen LogP contribution in [-0.4, -0.2) is 26.7 Å². The molecule has 2 unspecified atom stereocenters. The van der Waals surface area contributed by atoms with Crippen molar-refractivity contribution in [1.82, 2.24) is 0 Å². The van der Waals surface area contributed by atoms with Gasteiger partial charge in [0.2, 0.25) is 6.29 Å². The Hall–Kier alpha value is -3.98. The number of aliphatic hydroxyl groups is 1. The lowest BCUT2D eigenvalue weighted by atomic mass is 9.92. The van der Waals surface area contributed by atoms with Crippen LogP contribution in [0.5, 0.6) is 23.0 Å². The van der Waals surface area contributed by atoms with E-state index in [1.54, 1.807) is 0 Å². The van der Waals surface area contributed by atoms with Crippen LogP contribution in [0.15, 0.2) is 54.8 Å². The molecule has 0 aliphatic carbocycles. The van der Waals surface area contributed by atoms with Crippen molar-refractivity contribution < 1.29 is 34.0 Å². The molecule has 9 nitrogen and oxygen atoms in total. The molecule has 0 fully saturated rings. The lowest BCUT2D eigenvalue weighted by Crippen LogP contribution is -2.26. The molecule has 5 rings (SSSR count). The van der Waals surface area contributed by atoms with Gasteiger partial charge in [0.15, 0.2) is 0 Å². The van der Waals surface area contributed by atoms with Gasteiger partial charge in [-0.15, -0.1) is 0 Å². The van der Waals surface area contributed by atoms with Gasteiger partial charge in [-0.25, -0.2) is 9.59 Å². The first-order valence-corrected chi connectivity index (χ1v) is 8.48. The molecule has 0 radical (unpaired) electrons. The zero-order valence-corrected chi connectivity index (χ0v) is 14.4. The van der Waals surface area contributed by atoms with Gasteiger partial charge in [-0.05, 0) is 24.3 Å². The molecule has 3 heterocycles. The molecule has 4 aromatic rings. The van der Waals surface area contributed by atoms with Gasteiger partial charge < -0.3 is 34.0 Å². The number of rotatable bonds is 1. The van der Waals surface area contributed by atoms with Crippen molar-refractivity contribution in [1.29, 1.82) is 0 Å². The average molecular weight is 396 g/mol. The largest absolute Gasteiger partial charge is 0.508 e. The number of ether oxygens (including phenoxy) is 1. The Labute approximate surface area is 160 Å². The van der Waals surface area contributed by atoms with Gasteiger partial charge >= 0.3 is 11.3 Å². The number of aromatic hydroxyl groups is 3. The fourth-order valence-corrected chi connectivity index (χ4v) is 3.65. The van der Waals surface area contributed by atoms with E-state index in [9.17, 15) is 30.0 Å². The SMILES string of the molecule is O=c1oc2cc(O)ccc2c(O)c1C1c2c(c3ccc(O)cc3oc2=O)OC1O. The number of hydrogen-bond donors (Lipinski definition) is 4. The highest BCUT2D eigenvalue weighted by Gasteiger charge is 2.43. The minimum absolute atomic E-state index is 0.0154. The van der Waals surface area contributed by atoms with Crippen molar-refractivity contribution >= 4 is 21.9 Å². The summed E-state index contributed by atoms with van der Waals surface area (Å²) in [5, 5.41) is 40.7. The van der Waals surface area contributed by atoms with E-state index in [2.05, 4.69) is 0 Å². The minimum Gasteiger partial charge on any atom is -0.508 e. The summed E-state index contributed by atoms with van der Waals surface area (Å²) in [5.41, 5.74) is -2.47. The summed E-state index contributed by atoms with van der Waals surface area (Å²) in [4.78, 5) is 25.2. The van der Waals surface area contributed by atoms with Gasteiger partial charge in [0.1, 0.15) is 34.2 Å². The van der Waals surface area contributed by atoms with Crippen molar-refractivity contribution in [2.24, 2.45) is 0 Å². The molecule has 1 aliphatic heterocycles. The summed E-state index contributed by atoms with van der Waals surface area (Å²) in [5.74, 6) is -2.20. The first kappa shape index (κ1) is 17.1. The van der Waals surface area contributed by atoms with Gasteiger partial charge in [0.05, 0.1) is 27.8 Å². The maximum atomic E-state index is 12.6. The van der Waals surface area contributed by atoms with E-state index >= 15 is 0 Å². The fraction of sp³-hybridized carbons (Fsp3) is 0.100. The van der Waals surface area contributed by atoms with Crippen LogP contribution in [0.3, 0.4) is 0 Å². The normalized spacial score (nSPS) is 18.1. The van der Waals surface area contributed by atoms with Crippen molar-refractivity contribution in [3.05, 3.63) is 68.4 Å². The second-order valence-corrected chi connectivity index (χ2v) is 6.63. The van der Waals surface area contributed by atoms with E-state index in [-0.39, 0.29) is 44.9 Å². The van der Waals surface area contributed by atoms with Crippen LogP contribution in [0, 0.1) is 0 Å². The Morgan fingerprint density at radius 3 is 1.97 bits per heavy atom. The fourth-order valence-electron chi connectivity index (χ4n) is 3.65. The molecule has 9 heteroatoms. The van der Waals surface area contributed by atoms with Gasteiger partial charge in [0, 0.05) is 12.1 Å². The Bertz CT molecular complexity index is 1430. The number of fused-ring (bicyclic) bond motifs is 4. The number of phenolic OH excluding ortho intramolecular Hbond substituents is 2. The van der Waals surface area contributed by atoms with Crippen molar-refractivity contribution in [2.45, 2.75) is 12.2 Å². The summed E-state index contributed by atoms with van der Waals surface area (Å²) < 4.78 is 15.8. The molecule has 4 N–H and O–H groups in total.